The van der Waals surface area contributed by atoms with E-state index in [1.807, 2.05) is 6.07 Å². The van der Waals surface area contributed by atoms with Crippen molar-refractivity contribution in [3.05, 3.63) is 59.1 Å². The van der Waals surface area contributed by atoms with E-state index in [-0.39, 0.29) is 5.75 Å². The van der Waals surface area contributed by atoms with Crippen LogP contribution in [0.4, 0.5) is 5.69 Å². The first-order valence-corrected chi connectivity index (χ1v) is 7.91. The lowest BCUT2D eigenvalue weighted by atomic mass is 10.2. The maximum atomic E-state index is 12.1. The summed E-state index contributed by atoms with van der Waals surface area (Å²) in [6.07, 6.45) is 0. The highest BCUT2D eigenvalue weighted by Crippen LogP contribution is 2.28. The van der Waals surface area contributed by atoms with Gasteiger partial charge in [0.1, 0.15) is 5.75 Å². The Labute approximate surface area is 123 Å². The fourth-order valence-electron chi connectivity index (χ4n) is 1.76. The summed E-state index contributed by atoms with van der Waals surface area (Å²) in [4.78, 5) is 0. The molecule has 0 bridgehead atoms. The number of sulfonamides is 1. The highest BCUT2D eigenvalue weighted by molar-refractivity contribution is 7.91. The third-order valence-electron chi connectivity index (χ3n) is 2.63. The summed E-state index contributed by atoms with van der Waals surface area (Å²) in [5.74, 6) is 0.315. The van der Waals surface area contributed by atoms with Gasteiger partial charge in [-0.2, -0.15) is 0 Å². The first-order chi connectivity index (χ1) is 9.50. The second-order valence-electron chi connectivity index (χ2n) is 4.19. The third-order valence-corrected chi connectivity index (χ3v) is 4.11. The highest BCUT2D eigenvalue weighted by Gasteiger charge is 2.14. The van der Waals surface area contributed by atoms with Crippen molar-refractivity contribution in [2.24, 2.45) is 0 Å². The quantitative estimate of drug-likeness (QED) is 0.922. The van der Waals surface area contributed by atoms with Gasteiger partial charge in [0, 0.05) is 5.02 Å². The molecule has 0 radical (unpaired) electrons. The summed E-state index contributed by atoms with van der Waals surface area (Å²) < 4.78 is 31.9. The predicted octanol–water partition coefficient (Wildman–Crippen LogP) is 3.29. The SMILES string of the molecule is COc1ccc(Cl)cc1NS(=O)(=O)Cc1ccccc1. The van der Waals surface area contributed by atoms with E-state index in [0.29, 0.717) is 22.0 Å². The number of hydrogen-bond acceptors (Lipinski definition) is 3. The Kier molecular flexibility index (Phi) is 4.52. The molecule has 0 aromatic heterocycles. The van der Waals surface area contributed by atoms with Crippen LogP contribution < -0.4 is 9.46 Å². The minimum absolute atomic E-state index is 0.108. The molecule has 0 aliphatic carbocycles. The van der Waals surface area contributed by atoms with E-state index in [2.05, 4.69) is 4.72 Å². The van der Waals surface area contributed by atoms with Gasteiger partial charge in [-0.3, -0.25) is 4.72 Å². The fourth-order valence-corrected chi connectivity index (χ4v) is 3.13. The van der Waals surface area contributed by atoms with Crippen LogP contribution in [0.15, 0.2) is 48.5 Å². The molecule has 0 heterocycles. The van der Waals surface area contributed by atoms with Gasteiger partial charge in [-0.05, 0) is 23.8 Å². The lowest BCUT2D eigenvalue weighted by molar-refractivity contribution is 0.417. The molecular formula is C14H14ClNO3S. The van der Waals surface area contributed by atoms with E-state index in [4.69, 9.17) is 16.3 Å². The number of anilines is 1. The molecule has 2 rings (SSSR count). The van der Waals surface area contributed by atoms with E-state index in [9.17, 15) is 8.42 Å². The summed E-state index contributed by atoms with van der Waals surface area (Å²) in [5, 5.41) is 0.434. The van der Waals surface area contributed by atoms with Gasteiger partial charge < -0.3 is 4.74 Å². The molecule has 2 aromatic rings. The van der Waals surface area contributed by atoms with Gasteiger partial charge in [-0.1, -0.05) is 41.9 Å². The van der Waals surface area contributed by atoms with Crippen molar-refractivity contribution in [3.8, 4) is 5.75 Å². The zero-order valence-corrected chi connectivity index (χ0v) is 12.4. The molecule has 0 saturated heterocycles. The molecule has 0 atom stereocenters. The van der Waals surface area contributed by atoms with Crippen molar-refractivity contribution in [2.75, 3.05) is 11.8 Å². The van der Waals surface area contributed by atoms with E-state index in [1.54, 1.807) is 36.4 Å². The van der Waals surface area contributed by atoms with Crippen LogP contribution in [0.1, 0.15) is 5.56 Å². The van der Waals surface area contributed by atoms with Crippen molar-refractivity contribution in [1.29, 1.82) is 0 Å². The monoisotopic (exact) mass is 311 g/mol. The predicted molar refractivity (Wildman–Crippen MR) is 80.7 cm³/mol. The van der Waals surface area contributed by atoms with Gasteiger partial charge in [0.2, 0.25) is 10.0 Å². The maximum absolute atomic E-state index is 12.1. The molecular weight excluding hydrogens is 298 g/mol. The molecule has 0 aliphatic rings. The van der Waals surface area contributed by atoms with Crippen molar-refractivity contribution in [2.45, 2.75) is 5.75 Å². The number of ether oxygens (including phenoxy) is 1. The Balaban J connectivity index is 2.22. The Hall–Kier alpha value is -1.72. The zero-order valence-electron chi connectivity index (χ0n) is 10.8. The Morgan fingerprint density at radius 1 is 1.15 bits per heavy atom. The van der Waals surface area contributed by atoms with Gasteiger partial charge in [0.25, 0.3) is 0 Å². The number of benzene rings is 2. The summed E-state index contributed by atoms with van der Waals surface area (Å²) in [6, 6.07) is 13.7. The molecule has 1 N–H and O–H groups in total. The topological polar surface area (TPSA) is 55.4 Å². The first kappa shape index (κ1) is 14.7. The molecule has 2 aromatic carbocycles. The third kappa shape index (κ3) is 3.88. The van der Waals surface area contributed by atoms with Crippen LogP contribution in [0, 0.1) is 0 Å². The van der Waals surface area contributed by atoms with Crippen LogP contribution in [0.3, 0.4) is 0 Å². The van der Waals surface area contributed by atoms with Crippen LogP contribution >= 0.6 is 11.6 Å². The van der Waals surface area contributed by atoms with E-state index in [0.717, 1.165) is 0 Å². The van der Waals surface area contributed by atoms with Crippen molar-refractivity contribution >= 4 is 27.3 Å². The molecule has 106 valence electrons. The normalized spacial score (nSPS) is 11.1. The van der Waals surface area contributed by atoms with Gasteiger partial charge in [-0.25, -0.2) is 8.42 Å². The molecule has 20 heavy (non-hydrogen) atoms. The van der Waals surface area contributed by atoms with Gasteiger partial charge in [0.15, 0.2) is 0 Å². The number of halogens is 1. The lowest BCUT2D eigenvalue weighted by Crippen LogP contribution is -2.15. The number of hydrogen-bond donors (Lipinski definition) is 1. The Morgan fingerprint density at radius 2 is 1.85 bits per heavy atom. The van der Waals surface area contributed by atoms with Crippen molar-refractivity contribution in [1.82, 2.24) is 0 Å². The second kappa shape index (κ2) is 6.15. The summed E-state index contributed by atoms with van der Waals surface area (Å²) in [5.41, 5.74) is 1.04. The second-order valence-corrected chi connectivity index (χ2v) is 6.35. The van der Waals surface area contributed by atoms with Crippen LogP contribution in [-0.4, -0.2) is 15.5 Å². The Morgan fingerprint density at radius 3 is 2.50 bits per heavy atom. The minimum Gasteiger partial charge on any atom is -0.495 e. The lowest BCUT2D eigenvalue weighted by Gasteiger charge is -2.12. The molecule has 4 nitrogen and oxygen atoms in total. The minimum atomic E-state index is -3.53. The average Bonchev–Trinajstić information content (AvgIpc) is 2.39. The van der Waals surface area contributed by atoms with Crippen LogP contribution in [0.2, 0.25) is 5.02 Å². The fraction of sp³-hybridized carbons (Fsp3) is 0.143. The van der Waals surface area contributed by atoms with Crippen LogP contribution in [0.5, 0.6) is 5.75 Å². The van der Waals surface area contributed by atoms with E-state index < -0.39 is 10.0 Å². The Bertz CT molecular complexity index is 687. The number of methoxy groups -OCH3 is 1. The summed E-state index contributed by atoms with van der Waals surface area (Å²) >= 11 is 5.87. The van der Waals surface area contributed by atoms with E-state index in [1.165, 1.54) is 13.2 Å². The van der Waals surface area contributed by atoms with E-state index >= 15 is 0 Å². The van der Waals surface area contributed by atoms with Crippen molar-refractivity contribution < 1.29 is 13.2 Å². The van der Waals surface area contributed by atoms with Gasteiger partial charge in [0.05, 0.1) is 18.6 Å². The zero-order chi connectivity index (χ0) is 14.6. The number of nitrogens with one attached hydrogen (secondary N) is 1. The molecule has 0 fully saturated rings. The maximum Gasteiger partial charge on any atom is 0.237 e. The van der Waals surface area contributed by atoms with Crippen LogP contribution in [0.25, 0.3) is 0 Å². The summed E-state index contributed by atoms with van der Waals surface area (Å²) in [7, 11) is -2.06. The molecule has 6 heteroatoms. The van der Waals surface area contributed by atoms with Crippen LogP contribution in [-0.2, 0) is 15.8 Å². The molecule has 0 spiro atoms. The molecule has 0 amide bonds. The molecule has 0 aliphatic heterocycles. The number of rotatable bonds is 5. The first-order valence-electron chi connectivity index (χ1n) is 5.88. The molecule has 0 unspecified atom stereocenters. The van der Waals surface area contributed by atoms with Gasteiger partial charge in [-0.15, -0.1) is 0 Å². The standard InChI is InChI=1S/C14H14ClNO3S/c1-19-14-8-7-12(15)9-13(14)16-20(17,18)10-11-5-3-2-4-6-11/h2-9,16H,10H2,1H3. The smallest absolute Gasteiger partial charge is 0.237 e. The van der Waals surface area contributed by atoms with Gasteiger partial charge >= 0.3 is 0 Å². The summed E-state index contributed by atoms with van der Waals surface area (Å²) in [6.45, 7) is 0. The average molecular weight is 312 g/mol. The largest absolute Gasteiger partial charge is 0.495 e. The highest BCUT2D eigenvalue weighted by atomic mass is 35.5. The molecule has 0 saturated carbocycles. The van der Waals surface area contributed by atoms with Crippen molar-refractivity contribution in [3.63, 3.8) is 0 Å².